The van der Waals surface area contributed by atoms with E-state index in [1.165, 1.54) is 22.3 Å². The van der Waals surface area contributed by atoms with Gasteiger partial charge in [-0.2, -0.15) is 5.26 Å². The Bertz CT molecular complexity index is 1670. The summed E-state index contributed by atoms with van der Waals surface area (Å²) in [6, 6.07) is 39.4. The highest BCUT2D eigenvalue weighted by molar-refractivity contribution is 6.30. The number of fused-ring (bicyclic) bond motifs is 9. The van der Waals surface area contributed by atoms with Crippen molar-refractivity contribution < 1.29 is 4.74 Å². The topological polar surface area (TPSA) is 33.0 Å². The van der Waals surface area contributed by atoms with Crippen LogP contribution in [0.15, 0.2) is 109 Å². The van der Waals surface area contributed by atoms with Crippen molar-refractivity contribution in [3.63, 3.8) is 0 Å². The van der Waals surface area contributed by atoms with Gasteiger partial charge in [-0.1, -0.05) is 84.4 Å². The van der Waals surface area contributed by atoms with E-state index in [-0.39, 0.29) is 0 Å². The average molecular weight is 468 g/mol. The molecule has 2 nitrogen and oxygen atoms in total. The first-order valence-electron chi connectivity index (χ1n) is 11.5. The third-order valence-electron chi connectivity index (χ3n) is 7.26. The molecule has 0 atom stereocenters. The Morgan fingerprint density at radius 3 is 1.86 bits per heavy atom. The van der Waals surface area contributed by atoms with Gasteiger partial charge < -0.3 is 4.74 Å². The van der Waals surface area contributed by atoms with Crippen LogP contribution in [0.1, 0.15) is 27.8 Å². The van der Waals surface area contributed by atoms with Crippen molar-refractivity contribution in [3.8, 4) is 39.8 Å². The van der Waals surface area contributed by atoms with E-state index in [0.717, 1.165) is 33.8 Å². The molecule has 0 fully saturated rings. The zero-order valence-corrected chi connectivity index (χ0v) is 19.4. The van der Waals surface area contributed by atoms with Gasteiger partial charge >= 0.3 is 0 Å². The zero-order valence-electron chi connectivity index (χ0n) is 18.6. The smallest absolute Gasteiger partial charge is 0.132 e. The molecule has 0 radical (unpaired) electrons. The van der Waals surface area contributed by atoms with Crippen molar-refractivity contribution in [3.05, 3.63) is 142 Å². The fourth-order valence-corrected chi connectivity index (χ4v) is 6.05. The van der Waals surface area contributed by atoms with Crippen molar-refractivity contribution >= 4 is 11.6 Å². The summed E-state index contributed by atoms with van der Waals surface area (Å²) in [5, 5.41) is 10.4. The summed E-state index contributed by atoms with van der Waals surface area (Å²) < 4.78 is 6.47. The highest BCUT2D eigenvalue weighted by atomic mass is 35.5. The molecule has 3 heteroatoms. The van der Waals surface area contributed by atoms with Gasteiger partial charge in [-0.25, -0.2) is 0 Å². The maximum Gasteiger partial charge on any atom is 0.132 e. The second-order valence-electron chi connectivity index (χ2n) is 8.95. The summed E-state index contributed by atoms with van der Waals surface area (Å²) in [5.74, 6) is 1.61. The molecule has 1 aliphatic carbocycles. The molecule has 2 aliphatic rings. The lowest BCUT2D eigenvalue weighted by atomic mass is 9.65. The molecule has 0 N–H and O–H groups in total. The van der Waals surface area contributed by atoms with E-state index < -0.39 is 5.41 Å². The Morgan fingerprint density at radius 1 is 0.600 bits per heavy atom. The number of hydrogen-bond acceptors (Lipinski definition) is 2. The second-order valence-corrected chi connectivity index (χ2v) is 9.39. The van der Waals surface area contributed by atoms with E-state index in [1.807, 2.05) is 54.6 Å². The standard InChI is InChI=1S/C32H18ClNO/c33-22-14-16-31-29(18-22)32(26-11-5-3-9-24(26)25-10-4-6-12-27(25)32)28-17-20(13-15-30(28)35-31)23-8-2-1-7-21(23)19-34/h1-18H. The number of nitriles is 1. The van der Waals surface area contributed by atoms with Crippen LogP contribution in [0, 0.1) is 11.3 Å². The summed E-state index contributed by atoms with van der Waals surface area (Å²) >= 11 is 6.59. The van der Waals surface area contributed by atoms with E-state index in [9.17, 15) is 5.26 Å². The molecule has 0 unspecified atom stereocenters. The van der Waals surface area contributed by atoms with Crippen LogP contribution in [0.2, 0.25) is 5.02 Å². The average Bonchev–Trinajstić information content (AvgIpc) is 3.20. The number of nitrogens with zero attached hydrogens (tertiary/aromatic N) is 1. The van der Waals surface area contributed by atoms with Crippen molar-refractivity contribution in [2.45, 2.75) is 5.41 Å². The molecule has 5 aromatic rings. The summed E-state index contributed by atoms with van der Waals surface area (Å²) in [4.78, 5) is 0. The van der Waals surface area contributed by atoms with Gasteiger partial charge in [-0.05, 0) is 69.8 Å². The van der Waals surface area contributed by atoms with E-state index in [2.05, 4.69) is 60.7 Å². The number of benzene rings is 5. The zero-order chi connectivity index (χ0) is 23.6. The Labute approximate surface area is 208 Å². The van der Waals surface area contributed by atoms with Crippen molar-refractivity contribution in [2.75, 3.05) is 0 Å². The van der Waals surface area contributed by atoms with Gasteiger partial charge in [0, 0.05) is 16.1 Å². The van der Waals surface area contributed by atoms with Gasteiger partial charge in [0.1, 0.15) is 11.5 Å². The van der Waals surface area contributed by atoms with Crippen LogP contribution in [0.3, 0.4) is 0 Å². The quantitative estimate of drug-likeness (QED) is 0.243. The molecule has 1 aliphatic heterocycles. The van der Waals surface area contributed by atoms with Crippen LogP contribution >= 0.6 is 11.6 Å². The molecule has 0 bridgehead atoms. The summed E-state index contributed by atoms with van der Waals surface area (Å²) in [5.41, 5.74) is 8.87. The largest absolute Gasteiger partial charge is 0.457 e. The van der Waals surface area contributed by atoms with Crippen molar-refractivity contribution in [1.82, 2.24) is 0 Å². The number of hydrogen-bond donors (Lipinski definition) is 0. The van der Waals surface area contributed by atoms with Gasteiger partial charge in [0.2, 0.25) is 0 Å². The maximum absolute atomic E-state index is 9.75. The van der Waals surface area contributed by atoms with Crippen LogP contribution in [0.4, 0.5) is 0 Å². The fraction of sp³-hybridized carbons (Fsp3) is 0.0312. The van der Waals surface area contributed by atoms with Crippen LogP contribution in [0.5, 0.6) is 11.5 Å². The van der Waals surface area contributed by atoms with E-state index in [0.29, 0.717) is 10.6 Å². The predicted octanol–water partition coefficient (Wildman–Crippen LogP) is 8.35. The highest BCUT2D eigenvalue weighted by Gasteiger charge is 2.51. The molecule has 0 saturated carbocycles. The summed E-state index contributed by atoms with van der Waals surface area (Å²) in [6.07, 6.45) is 0. The molecular weight excluding hydrogens is 450 g/mol. The van der Waals surface area contributed by atoms with Gasteiger partial charge in [0.05, 0.1) is 17.0 Å². The van der Waals surface area contributed by atoms with Gasteiger partial charge in [-0.15, -0.1) is 0 Å². The molecule has 1 heterocycles. The third kappa shape index (κ3) is 2.65. The van der Waals surface area contributed by atoms with Crippen LogP contribution in [-0.2, 0) is 5.41 Å². The Balaban J connectivity index is 1.63. The monoisotopic (exact) mass is 467 g/mol. The molecule has 7 rings (SSSR count). The number of rotatable bonds is 1. The number of ether oxygens (including phenoxy) is 1. The molecule has 35 heavy (non-hydrogen) atoms. The minimum atomic E-state index is -0.585. The highest BCUT2D eigenvalue weighted by Crippen LogP contribution is 2.62. The van der Waals surface area contributed by atoms with Gasteiger partial charge in [0.25, 0.3) is 0 Å². The Morgan fingerprint density at radius 2 is 1.17 bits per heavy atom. The third-order valence-corrected chi connectivity index (χ3v) is 7.50. The lowest BCUT2D eigenvalue weighted by molar-refractivity contribution is 0.436. The molecule has 5 aromatic carbocycles. The van der Waals surface area contributed by atoms with E-state index >= 15 is 0 Å². The number of halogens is 1. The molecule has 0 saturated heterocycles. The Kier molecular flexibility index (Phi) is 4.21. The summed E-state index contributed by atoms with van der Waals surface area (Å²) in [7, 11) is 0. The fourth-order valence-electron chi connectivity index (χ4n) is 5.88. The minimum Gasteiger partial charge on any atom is -0.457 e. The summed E-state index contributed by atoms with van der Waals surface area (Å²) in [6.45, 7) is 0. The normalized spacial score (nSPS) is 13.7. The van der Waals surface area contributed by atoms with Crippen molar-refractivity contribution in [1.29, 1.82) is 5.26 Å². The van der Waals surface area contributed by atoms with Crippen LogP contribution in [0.25, 0.3) is 22.3 Å². The first kappa shape index (κ1) is 20.1. The van der Waals surface area contributed by atoms with E-state index in [1.54, 1.807) is 0 Å². The molecule has 0 amide bonds. The maximum atomic E-state index is 9.75. The first-order chi connectivity index (χ1) is 17.2. The predicted molar refractivity (Wildman–Crippen MR) is 139 cm³/mol. The minimum absolute atomic E-state index is 0.585. The van der Waals surface area contributed by atoms with E-state index in [4.69, 9.17) is 16.3 Å². The molecular formula is C32H18ClNO. The van der Waals surface area contributed by atoms with Crippen molar-refractivity contribution in [2.24, 2.45) is 0 Å². The molecule has 164 valence electrons. The lowest BCUT2D eigenvalue weighted by Gasteiger charge is -2.39. The van der Waals surface area contributed by atoms with Crippen LogP contribution < -0.4 is 4.74 Å². The van der Waals surface area contributed by atoms with Gasteiger partial charge in [0.15, 0.2) is 0 Å². The first-order valence-corrected chi connectivity index (χ1v) is 11.9. The van der Waals surface area contributed by atoms with Crippen LogP contribution in [-0.4, -0.2) is 0 Å². The Hall–Kier alpha value is -4.32. The molecule has 1 spiro atoms. The van der Waals surface area contributed by atoms with Gasteiger partial charge in [-0.3, -0.25) is 0 Å². The molecule has 0 aromatic heterocycles. The lowest BCUT2D eigenvalue weighted by Crippen LogP contribution is -2.32. The second kappa shape index (κ2) is 7.34. The SMILES string of the molecule is N#Cc1ccccc1-c1ccc2c(c1)C1(c3cc(Cl)ccc3O2)c2ccccc2-c2ccccc21.